The average Bonchev–Trinajstić information content (AvgIpc) is 2.69. The number of ether oxygens (including phenoxy) is 1. The molecule has 3 rings (SSSR count). The number of nitrogens with one attached hydrogen (secondary N) is 2. The van der Waals surface area contributed by atoms with Crippen LogP contribution in [0.2, 0.25) is 0 Å². The number of benzene rings is 2. The van der Waals surface area contributed by atoms with Crippen LogP contribution in [-0.2, 0) is 0 Å². The Hall–Kier alpha value is -3.61. The van der Waals surface area contributed by atoms with Crippen LogP contribution in [0.4, 0.5) is 23.0 Å². The minimum absolute atomic E-state index is 0.265. The summed E-state index contributed by atoms with van der Waals surface area (Å²) in [5, 5.41) is 5.96. The number of hydrogen-bond donors (Lipinski definition) is 2. The van der Waals surface area contributed by atoms with Crippen LogP contribution in [0.25, 0.3) is 0 Å². The molecule has 0 saturated heterocycles. The molecule has 3 aromatic rings. The third-order valence-corrected chi connectivity index (χ3v) is 4.13. The topological polar surface area (TPSA) is 79.4 Å². The first-order chi connectivity index (χ1) is 13.5. The zero-order valence-electron chi connectivity index (χ0n) is 16.4. The molecule has 28 heavy (non-hydrogen) atoms. The monoisotopic (exact) mass is 377 g/mol. The summed E-state index contributed by atoms with van der Waals surface area (Å²) >= 11 is 0. The van der Waals surface area contributed by atoms with Crippen LogP contribution in [0.1, 0.15) is 16.1 Å². The van der Waals surface area contributed by atoms with Crippen LogP contribution in [0.3, 0.4) is 0 Å². The number of carbonyl (C=O) groups is 1. The highest BCUT2D eigenvalue weighted by molar-refractivity contribution is 6.03. The molecule has 2 N–H and O–H groups in total. The third-order valence-electron chi connectivity index (χ3n) is 4.13. The zero-order valence-corrected chi connectivity index (χ0v) is 16.4. The van der Waals surface area contributed by atoms with Crippen LogP contribution in [0.15, 0.2) is 54.7 Å². The van der Waals surface area contributed by atoms with Gasteiger partial charge in [-0.2, -0.15) is 0 Å². The van der Waals surface area contributed by atoms with Gasteiger partial charge in [-0.05, 0) is 55.0 Å². The molecule has 0 bridgehead atoms. The second-order valence-corrected chi connectivity index (χ2v) is 6.49. The van der Waals surface area contributed by atoms with Crippen molar-refractivity contribution in [2.75, 3.05) is 36.7 Å². The first kappa shape index (κ1) is 19.2. The van der Waals surface area contributed by atoms with Gasteiger partial charge in [-0.15, -0.1) is 0 Å². The maximum atomic E-state index is 12.6. The fourth-order valence-electron chi connectivity index (χ4n) is 2.62. The second-order valence-electron chi connectivity index (χ2n) is 6.49. The molecule has 7 nitrogen and oxygen atoms in total. The molecule has 0 aliphatic carbocycles. The van der Waals surface area contributed by atoms with Crippen molar-refractivity contribution in [3.63, 3.8) is 0 Å². The molecule has 0 aliphatic heterocycles. The maximum Gasteiger partial charge on any atom is 0.274 e. The van der Waals surface area contributed by atoms with E-state index in [1.54, 1.807) is 19.4 Å². The van der Waals surface area contributed by atoms with E-state index < -0.39 is 0 Å². The Morgan fingerprint density at radius 1 is 1.07 bits per heavy atom. The van der Waals surface area contributed by atoms with E-state index in [1.165, 1.54) is 0 Å². The lowest BCUT2D eigenvalue weighted by Crippen LogP contribution is -2.15. The molecule has 0 unspecified atom stereocenters. The average molecular weight is 377 g/mol. The number of amides is 1. The summed E-state index contributed by atoms with van der Waals surface area (Å²) < 4.78 is 5.35. The molecule has 1 aromatic heterocycles. The highest BCUT2D eigenvalue weighted by Crippen LogP contribution is 2.27. The van der Waals surface area contributed by atoms with Crippen molar-refractivity contribution in [3.05, 3.63) is 66.0 Å². The van der Waals surface area contributed by atoms with Crippen LogP contribution in [0.5, 0.6) is 5.75 Å². The lowest BCUT2D eigenvalue weighted by Gasteiger charge is -2.13. The molecule has 0 spiro atoms. The summed E-state index contributed by atoms with van der Waals surface area (Å²) in [6.45, 7) is 1.98. The lowest BCUT2D eigenvalue weighted by molar-refractivity contribution is 0.102. The summed E-state index contributed by atoms with van der Waals surface area (Å²) in [6, 6.07) is 14.9. The van der Waals surface area contributed by atoms with Gasteiger partial charge in [0.15, 0.2) is 0 Å². The number of methoxy groups -OCH3 is 1. The summed E-state index contributed by atoms with van der Waals surface area (Å²) in [5.74, 6) is 0.684. The molecule has 0 fully saturated rings. The number of rotatable bonds is 6. The predicted molar refractivity (Wildman–Crippen MR) is 112 cm³/mol. The van der Waals surface area contributed by atoms with E-state index in [0.717, 1.165) is 16.9 Å². The third kappa shape index (κ3) is 4.56. The highest BCUT2D eigenvalue weighted by atomic mass is 16.5. The summed E-state index contributed by atoms with van der Waals surface area (Å²) in [6.07, 6.45) is 1.54. The molecule has 7 heteroatoms. The standard InChI is InChI=1S/C21H23N5O2/c1-14-5-10-19(28-4)18(13-14)25-21-22-12-11-17(24-21)20(27)23-15-6-8-16(9-7-15)26(2)3/h5-13H,1-4H3,(H,23,27)(H,22,24,25). The van der Waals surface area contributed by atoms with Crippen molar-refractivity contribution in [1.82, 2.24) is 9.97 Å². The minimum Gasteiger partial charge on any atom is -0.495 e. The van der Waals surface area contributed by atoms with Crippen LogP contribution < -0.4 is 20.3 Å². The molecule has 0 saturated carbocycles. The van der Waals surface area contributed by atoms with Crippen molar-refractivity contribution in [1.29, 1.82) is 0 Å². The van der Waals surface area contributed by atoms with Gasteiger partial charge in [0.05, 0.1) is 12.8 Å². The summed E-state index contributed by atoms with van der Waals surface area (Å²) in [7, 11) is 5.53. The van der Waals surface area contributed by atoms with Gasteiger partial charge < -0.3 is 20.3 Å². The van der Waals surface area contributed by atoms with Crippen molar-refractivity contribution in [2.24, 2.45) is 0 Å². The number of aromatic nitrogens is 2. The van der Waals surface area contributed by atoms with Gasteiger partial charge in [0.2, 0.25) is 5.95 Å². The first-order valence-corrected chi connectivity index (χ1v) is 8.79. The Balaban J connectivity index is 1.75. The van der Waals surface area contributed by atoms with Crippen molar-refractivity contribution >= 4 is 28.9 Å². The molecule has 1 amide bonds. The Morgan fingerprint density at radius 2 is 1.82 bits per heavy atom. The maximum absolute atomic E-state index is 12.6. The Labute approximate surface area is 164 Å². The van der Waals surface area contributed by atoms with Gasteiger partial charge in [-0.3, -0.25) is 4.79 Å². The van der Waals surface area contributed by atoms with E-state index in [0.29, 0.717) is 17.4 Å². The molecule has 2 aromatic carbocycles. The largest absolute Gasteiger partial charge is 0.495 e. The Bertz CT molecular complexity index is 971. The smallest absolute Gasteiger partial charge is 0.274 e. The number of aryl methyl sites for hydroxylation is 1. The van der Waals surface area contributed by atoms with Gasteiger partial charge in [0.25, 0.3) is 5.91 Å². The second kappa shape index (κ2) is 8.39. The van der Waals surface area contributed by atoms with E-state index in [9.17, 15) is 4.79 Å². The molecule has 1 heterocycles. The number of nitrogens with zero attached hydrogens (tertiary/aromatic N) is 3. The molecular weight excluding hydrogens is 354 g/mol. The Kier molecular flexibility index (Phi) is 5.74. The van der Waals surface area contributed by atoms with E-state index in [4.69, 9.17) is 4.74 Å². The van der Waals surface area contributed by atoms with E-state index in [2.05, 4.69) is 20.6 Å². The fraction of sp³-hybridized carbons (Fsp3) is 0.190. The quantitative estimate of drug-likeness (QED) is 0.679. The normalized spacial score (nSPS) is 10.3. The van der Waals surface area contributed by atoms with Crippen molar-refractivity contribution < 1.29 is 9.53 Å². The highest BCUT2D eigenvalue weighted by Gasteiger charge is 2.11. The van der Waals surface area contributed by atoms with Crippen LogP contribution in [-0.4, -0.2) is 37.1 Å². The van der Waals surface area contributed by atoms with Crippen LogP contribution in [0, 0.1) is 6.92 Å². The van der Waals surface area contributed by atoms with Gasteiger partial charge in [0, 0.05) is 31.7 Å². The Morgan fingerprint density at radius 3 is 2.50 bits per heavy atom. The van der Waals surface area contributed by atoms with E-state index in [-0.39, 0.29) is 11.6 Å². The predicted octanol–water partition coefficient (Wildman–Crippen LogP) is 3.86. The SMILES string of the molecule is COc1ccc(C)cc1Nc1nccc(C(=O)Nc2ccc(N(C)C)cc2)n1. The van der Waals surface area contributed by atoms with E-state index in [1.807, 2.05) is 68.4 Å². The molecule has 144 valence electrons. The lowest BCUT2D eigenvalue weighted by atomic mass is 10.2. The summed E-state index contributed by atoms with van der Waals surface area (Å²) in [5.41, 5.74) is 3.82. The number of hydrogen-bond acceptors (Lipinski definition) is 6. The molecule has 0 atom stereocenters. The van der Waals surface area contributed by atoms with Crippen molar-refractivity contribution in [2.45, 2.75) is 6.92 Å². The van der Waals surface area contributed by atoms with Crippen LogP contribution >= 0.6 is 0 Å². The van der Waals surface area contributed by atoms with Gasteiger partial charge >= 0.3 is 0 Å². The number of carbonyl (C=O) groups excluding carboxylic acids is 1. The van der Waals surface area contributed by atoms with Gasteiger partial charge in [0.1, 0.15) is 11.4 Å². The van der Waals surface area contributed by atoms with Gasteiger partial charge in [-0.25, -0.2) is 9.97 Å². The number of anilines is 4. The van der Waals surface area contributed by atoms with Crippen molar-refractivity contribution in [3.8, 4) is 5.75 Å². The minimum atomic E-state index is -0.306. The van der Waals surface area contributed by atoms with Gasteiger partial charge in [-0.1, -0.05) is 6.07 Å². The molecule has 0 aliphatic rings. The summed E-state index contributed by atoms with van der Waals surface area (Å²) in [4.78, 5) is 23.1. The fourth-order valence-corrected chi connectivity index (χ4v) is 2.62. The molecule has 0 radical (unpaired) electrons. The zero-order chi connectivity index (χ0) is 20.1. The first-order valence-electron chi connectivity index (χ1n) is 8.79. The van der Waals surface area contributed by atoms with E-state index >= 15 is 0 Å². The molecular formula is C21H23N5O2.